The van der Waals surface area contributed by atoms with E-state index in [4.69, 9.17) is 32.0 Å². The number of hydrogen-bond acceptors (Lipinski definition) is 8. The predicted molar refractivity (Wildman–Crippen MR) is 120 cm³/mol. The van der Waals surface area contributed by atoms with Gasteiger partial charge in [0.25, 0.3) is 0 Å². The molecule has 2 aliphatic rings. The van der Waals surface area contributed by atoms with Crippen LogP contribution in [0.5, 0.6) is 11.5 Å². The molecule has 3 N–H and O–H groups in total. The van der Waals surface area contributed by atoms with Gasteiger partial charge in [-0.3, -0.25) is 14.1 Å². The van der Waals surface area contributed by atoms with Gasteiger partial charge in [-0.2, -0.15) is 8.42 Å². The molecule has 2 aromatic rings. The van der Waals surface area contributed by atoms with E-state index in [0.29, 0.717) is 24.5 Å². The van der Waals surface area contributed by atoms with Gasteiger partial charge in [0.1, 0.15) is 0 Å². The Kier molecular flexibility index (Phi) is 7.52. The Morgan fingerprint density at radius 2 is 1.91 bits per heavy atom. The summed E-state index contributed by atoms with van der Waals surface area (Å²) in [6, 6.07) is 4.06. The van der Waals surface area contributed by atoms with Crippen LogP contribution in [-0.4, -0.2) is 63.8 Å². The first-order valence-corrected chi connectivity index (χ1v) is 11.7. The molecule has 0 amide bonds. The predicted octanol–water partition coefficient (Wildman–Crippen LogP) is 1.38. The Labute approximate surface area is 191 Å². The molecule has 11 nitrogen and oxygen atoms in total. The maximum atomic E-state index is 11.7. The van der Waals surface area contributed by atoms with Crippen LogP contribution >= 0.6 is 0 Å². The van der Waals surface area contributed by atoms with Gasteiger partial charge in [0.15, 0.2) is 11.5 Å². The normalized spacial score (nSPS) is 21.6. The van der Waals surface area contributed by atoms with Crippen LogP contribution in [0.1, 0.15) is 48.8 Å². The summed E-state index contributed by atoms with van der Waals surface area (Å²) < 4.78 is 44.4. The molecule has 12 heteroatoms. The molecule has 1 aliphatic carbocycles. The van der Waals surface area contributed by atoms with Crippen LogP contribution in [0.4, 0.5) is 0 Å². The third-order valence-electron chi connectivity index (χ3n) is 5.59. The number of aryl methyl sites for hydroxylation is 1. The summed E-state index contributed by atoms with van der Waals surface area (Å²) in [7, 11) is -1.37. The quantitative estimate of drug-likeness (QED) is 0.548. The molecule has 1 saturated carbocycles. The van der Waals surface area contributed by atoms with Gasteiger partial charge < -0.3 is 19.1 Å². The van der Waals surface area contributed by atoms with E-state index in [1.165, 1.54) is 4.57 Å². The minimum absolute atomic E-state index is 0.0889. The third kappa shape index (κ3) is 5.96. The smallest absolute Gasteiger partial charge is 0.394 e. The summed E-state index contributed by atoms with van der Waals surface area (Å²) in [5.74, 6) is 1.47. The number of hydrogen-bond donors (Lipinski definition) is 3. The van der Waals surface area contributed by atoms with E-state index < -0.39 is 10.4 Å². The van der Waals surface area contributed by atoms with Gasteiger partial charge in [0.2, 0.25) is 0 Å². The van der Waals surface area contributed by atoms with Gasteiger partial charge in [0, 0.05) is 36.5 Å². The van der Waals surface area contributed by atoms with Crippen molar-refractivity contribution >= 4 is 16.1 Å². The average Bonchev–Trinajstić information content (AvgIpc) is 2.74. The van der Waals surface area contributed by atoms with Crippen molar-refractivity contribution in [1.29, 1.82) is 0 Å². The SMILES string of the molecule is CCOc1cc2c(cc1OC)C(c1cnc(=O)n(C)c1)=N[C@@H]1CC[C@@H](O)C[C@H]21.O=S(=O)(O)O. The second kappa shape index (κ2) is 10.00. The number of aliphatic imine (C=N–C) groups is 1. The zero-order chi connectivity index (χ0) is 24.3. The standard InChI is InChI=1S/C21H25N3O4.H2O4S/c1-4-28-19-8-14-15-7-13(25)5-6-17(15)23-20(16(14)9-18(19)27-3)12-10-22-21(26)24(2)11-12;1-5(2,3)4/h8-11,13,15,17,25H,4-7H2,1-3H3;(H2,1,2,3,4)/t13-,15-,17-;/m1./s1. The highest BCUT2D eigenvalue weighted by atomic mass is 32.3. The Bertz CT molecular complexity index is 1200. The van der Waals surface area contributed by atoms with E-state index >= 15 is 0 Å². The van der Waals surface area contributed by atoms with E-state index in [9.17, 15) is 9.90 Å². The highest BCUT2D eigenvalue weighted by Gasteiger charge is 2.37. The fraction of sp³-hybridized carbons (Fsp3) is 0.476. The van der Waals surface area contributed by atoms with Crippen molar-refractivity contribution in [1.82, 2.24) is 9.55 Å². The molecule has 0 bridgehead atoms. The first-order valence-electron chi connectivity index (χ1n) is 10.4. The number of aliphatic hydroxyl groups is 1. The van der Waals surface area contributed by atoms with Gasteiger partial charge in [-0.05, 0) is 43.9 Å². The third-order valence-corrected chi connectivity index (χ3v) is 5.59. The van der Waals surface area contributed by atoms with Gasteiger partial charge in [-0.1, -0.05) is 0 Å². The molecule has 2 heterocycles. The summed E-state index contributed by atoms with van der Waals surface area (Å²) in [5.41, 5.74) is 3.34. The second-order valence-corrected chi connectivity index (χ2v) is 8.72. The molecule has 1 aliphatic heterocycles. The maximum absolute atomic E-state index is 11.7. The molecule has 1 aromatic heterocycles. The number of ether oxygens (including phenoxy) is 2. The van der Waals surface area contributed by atoms with E-state index in [0.717, 1.165) is 35.2 Å². The van der Waals surface area contributed by atoms with Crippen molar-refractivity contribution in [2.75, 3.05) is 13.7 Å². The highest BCUT2D eigenvalue weighted by molar-refractivity contribution is 7.79. The Morgan fingerprint density at radius 1 is 1.21 bits per heavy atom. The molecule has 0 unspecified atom stereocenters. The summed E-state index contributed by atoms with van der Waals surface area (Å²) in [5, 5.41) is 10.2. The van der Waals surface area contributed by atoms with Gasteiger partial charge in [-0.15, -0.1) is 0 Å². The Morgan fingerprint density at radius 3 is 2.52 bits per heavy atom. The average molecular weight is 482 g/mol. The lowest BCUT2D eigenvalue weighted by Gasteiger charge is -2.37. The van der Waals surface area contributed by atoms with E-state index in [1.807, 2.05) is 19.1 Å². The number of methoxy groups -OCH3 is 1. The number of aromatic nitrogens is 2. The molecule has 0 saturated heterocycles. The number of rotatable bonds is 4. The first kappa shape index (κ1) is 24.8. The lowest BCUT2D eigenvalue weighted by atomic mass is 9.74. The van der Waals surface area contributed by atoms with Crippen molar-refractivity contribution in [2.24, 2.45) is 12.0 Å². The number of fused-ring (bicyclic) bond motifs is 3. The molecule has 1 fully saturated rings. The zero-order valence-electron chi connectivity index (χ0n) is 18.5. The Hall–Kier alpha value is -2.80. The molecule has 3 atom stereocenters. The van der Waals surface area contributed by atoms with Crippen molar-refractivity contribution in [2.45, 2.75) is 44.2 Å². The molecule has 0 spiro atoms. The topological polar surface area (TPSA) is 161 Å². The molecule has 180 valence electrons. The van der Waals surface area contributed by atoms with Gasteiger partial charge in [-0.25, -0.2) is 9.78 Å². The first-order chi connectivity index (χ1) is 15.5. The van der Waals surface area contributed by atoms with Crippen LogP contribution in [0.3, 0.4) is 0 Å². The molecule has 33 heavy (non-hydrogen) atoms. The van der Waals surface area contributed by atoms with Crippen LogP contribution in [0.15, 0.2) is 34.3 Å². The van der Waals surface area contributed by atoms with Crippen LogP contribution in [-0.2, 0) is 17.4 Å². The maximum Gasteiger partial charge on any atom is 0.394 e. The highest BCUT2D eigenvalue weighted by Crippen LogP contribution is 2.44. The molecule has 0 radical (unpaired) electrons. The fourth-order valence-corrected chi connectivity index (χ4v) is 4.24. The number of nitrogens with zero attached hydrogens (tertiary/aromatic N) is 3. The summed E-state index contributed by atoms with van der Waals surface area (Å²) in [4.78, 5) is 20.7. The minimum Gasteiger partial charge on any atom is -0.493 e. The lowest BCUT2D eigenvalue weighted by Crippen LogP contribution is -2.34. The van der Waals surface area contributed by atoms with Crippen LogP contribution in [0.25, 0.3) is 0 Å². The van der Waals surface area contributed by atoms with E-state index in [-0.39, 0.29) is 23.8 Å². The lowest BCUT2D eigenvalue weighted by molar-refractivity contribution is 0.111. The van der Waals surface area contributed by atoms with Crippen molar-refractivity contribution in [3.05, 3.63) is 51.7 Å². The minimum atomic E-state index is -4.67. The molecular formula is C21H27N3O8S. The van der Waals surface area contributed by atoms with Crippen molar-refractivity contribution in [3.63, 3.8) is 0 Å². The number of benzene rings is 1. The molecule has 4 rings (SSSR count). The summed E-state index contributed by atoms with van der Waals surface area (Å²) in [6.45, 7) is 2.48. The van der Waals surface area contributed by atoms with E-state index in [1.54, 1.807) is 26.6 Å². The summed E-state index contributed by atoms with van der Waals surface area (Å²) in [6.07, 6.45) is 5.27. The zero-order valence-corrected chi connectivity index (χ0v) is 19.3. The van der Waals surface area contributed by atoms with Crippen molar-refractivity contribution in [3.8, 4) is 11.5 Å². The Balaban J connectivity index is 0.000000555. The summed E-state index contributed by atoms with van der Waals surface area (Å²) >= 11 is 0. The number of aliphatic hydroxyl groups excluding tert-OH is 1. The van der Waals surface area contributed by atoms with Crippen molar-refractivity contribution < 1.29 is 32.1 Å². The van der Waals surface area contributed by atoms with Gasteiger partial charge >= 0.3 is 16.1 Å². The van der Waals surface area contributed by atoms with E-state index in [2.05, 4.69) is 4.98 Å². The van der Waals surface area contributed by atoms with Crippen LogP contribution in [0, 0.1) is 0 Å². The fourth-order valence-electron chi connectivity index (χ4n) is 4.24. The molecular weight excluding hydrogens is 454 g/mol. The van der Waals surface area contributed by atoms with Crippen LogP contribution in [0.2, 0.25) is 0 Å². The largest absolute Gasteiger partial charge is 0.493 e. The second-order valence-electron chi connectivity index (χ2n) is 7.83. The molecule has 1 aromatic carbocycles. The van der Waals surface area contributed by atoms with Gasteiger partial charge in [0.05, 0.1) is 31.6 Å². The monoisotopic (exact) mass is 481 g/mol. The van der Waals surface area contributed by atoms with Crippen LogP contribution < -0.4 is 15.2 Å².